The van der Waals surface area contributed by atoms with Gasteiger partial charge in [-0.05, 0) is 25.5 Å². The SMILES string of the molecule is CCOC(=O)C(=O)c1ccc(C)c(Cl)c1Cl. The topological polar surface area (TPSA) is 43.4 Å². The average Bonchev–Trinajstić information content (AvgIpc) is 2.26. The molecule has 0 bridgehead atoms. The van der Waals surface area contributed by atoms with Gasteiger partial charge < -0.3 is 4.74 Å². The highest BCUT2D eigenvalue weighted by Gasteiger charge is 2.22. The van der Waals surface area contributed by atoms with Crippen molar-refractivity contribution in [3.05, 3.63) is 33.3 Å². The van der Waals surface area contributed by atoms with E-state index in [4.69, 9.17) is 23.2 Å². The van der Waals surface area contributed by atoms with Crippen molar-refractivity contribution < 1.29 is 14.3 Å². The number of carbonyl (C=O) groups excluding carboxylic acids is 2. The van der Waals surface area contributed by atoms with E-state index in [0.717, 1.165) is 5.56 Å². The van der Waals surface area contributed by atoms with E-state index in [1.54, 1.807) is 19.9 Å². The van der Waals surface area contributed by atoms with Gasteiger partial charge in [-0.2, -0.15) is 0 Å². The molecule has 0 aromatic heterocycles. The van der Waals surface area contributed by atoms with Crippen LogP contribution in [0.15, 0.2) is 12.1 Å². The number of esters is 1. The van der Waals surface area contributed by atoms with Crippen LogP contribution in [-0.4, -0.2) is 18.4 Å². The molecule has 0 amide bonds. The van der Waals surface area contributed by atoms with Gasteiger partial charge in [-0.25, -0.2) is 4.79 Å². The maximum Gasteiger partial charge on any atom is 0.379 e. The van der Waals surface area contributed by atoms with E-state index in [2.05, 4.69) is 4.74 Å². The molecule has 0 radical (unpaired) electrons. The first-order valence-corrected chi connectivity index (χ1v) is 5.40. The largest absolute Gasteiger partial charge is 0.460 e. The van der Waals surface area contributed by atoms with Crippen LogP contribution in [0, 0.1) is 6.92 Å². The molecular formula is C11H10Cl2O3. The minimum absolute atomic E-state index is 0.0655. The van der Waals surface area contributed by atoms with Gasteiger partial charge in [0, 0.05) is 5.56 Å². The zero-order valence-corrected chi connectivity index (χ0v) is 10.4. The lowest BCUT2D eigenvalue weighted by atomic mass is 10.1. The second-order valence-electron chi connectivity index (χ2n) is 3.11. The van der Waals surface area contributed by atoms with Crippen LogP contribution in [0.2, 0.25) is 10.0 Å². The third-order valence-corrected chi connectivity index (χ3v) is 2.96. The Balaban J connectivity index is 3.10. The third-order valence-electron chi connectivity index (χ3n) is 1.98. The van der Waals surface area contributed by atoms with Crippen LogP contribution in [0.3, 0.4) is 0 Å². The smallest absolute Gasteiger partial charge is 0.379 e. The molecule has 3 nitrogen and oxygen atoms in total. The standard InChI is InChI=1S/C11H10Cl2O3/c1-3-16-11(15)10(14)7-5-4-6(2)8(12)9(7)13/h4-5H,3H2,1-2H3. The van der Waals surface area contributed by atoms with Crippen molar-refractivity contribution in [3.8, 4) is 0 Å². The van der Waals surface area contributed by atoms with Crippen LogP contribution >= 0.6 is 23.2 Å². The molecular weight excluding hydrogens is 251 g/mol. The van der Waals surface area contributed by atoms with Gasteiger partial charge in [-0.1, -0.05) is 29.3 Å². The molecule has 1 aromatic rings. The first kappa shape index (κ1) is 13.0. The van der Waals surface area contributed by atoms with Crippen molar-refractivity contribution in [2.75, 3.05) is 6.61 Å². The van der Waals surface area contributed by atoms with Crippen molar-refractivity contribution in [2.24, 2.45) is 0 Å². The molecule has 0 spiro atoms. The van der Waals surface area contributed by atoms with Crippen LogP contribution in [0.5, 0.6) is 0 Å². The summed E-state index contributed by atoms with van der Waals surface area (Å²) < 4.78 is 4.59. The predicted octanol–water partition coefficient (Wildman–Crippen LogP) is 3.05. The number of aryl methyl sites for hydroxylation is 1. The molecule has 0 aliphatic rings. The summed E-state index contributed by atoms with van der Waals surface area (Å²) in [5, 5.41) is 0.358. The maximum atomic E-state index is 11.6. The van der Waals surface area contributed by atoms with Crippen LogP contribution in [0.1, 0.15) is 22.8 Å². The molecule has 0 N–H and O–H groups in total. The number of halogens is 2. The molecule has 1 aromatic carbocycles. The summed E-state index contributed by atoms with van der Waals surface area (Å²) in [6.45, 7) is 3.52. The molecule has 86 valence electrons. The quantitative estimate of drug-likeness (QED) is 0.477. The van der Waals surface area contributed by atoms with Gasteiger partial charge in [0.2, 0.25) is 0 Å². The monoisotopic (exact) mass is 260 g/mol. The number of benzene rings is 1. The van der Waals surface area contributed by atoms with Gasteiger partial charge >= 0.3 is 5.97 Å². The van der Waals surface area contributed by atoms with E-state index in [1.165, 1.54) is 6.07 Å². The molecule has 0 atom stereocenters. The molecule has 0 aliphatic carbocycles. The lowest BCUT2D eigenvalue weighted by Gasteiger charge is -2.06. The number of ether oxygens (including phenoxy) is 1. The van der Waals surface area contributed by atoms with Gasteiger partial charge in [0.05, 0.1) is 16.7 Å². The Kier molecular flexibility index (Phi) is 4.33. The van der Waals surface area contributed by atoms with Crippen LogP contribution < -0.4 is 0 Å². The lowest BCUT2D eigenvalue weighted by molar-refractivity contribution is -0.137. The highest BCUT2D eigenvalue weighted by Crippen LogP contribution is 2.29. The van der Waals surface area contributed by atoms with Crippen molar-refractivity contribution in [2.45, 2.75) is 13.8 Å². The first-order chi connectivity index (χ1) is 7.49. The van der Waals surface area contributed by atoms with E-state index >= 15 is 0 Å². The van der Waals surface area contributed by atoms with E-state index in [-0.39, 0.29) is 22.2 Å². The van der Waals surface area contributed by atoms with Gasteiger partial charge in [-0.3, -0.25) is 4.79 Å². The summed E-state index contributed by atoms with van der Waals surface area (Å²) in [5.74, 6) is -1.71. The average molecular weight is 261 g/mol. The summed E-state index contributed by atoms with van der Waals surface area (Å²) in [4.78, 5) is 22.8. The predicted molar refractivity (Wildman–Crippen MR) is 62.2 cm³/mol. The molecule has 0 fully saturated rings. The molecule has 0 saturated carbocycles. The normalized spacial score (nSPS) is 10.0. The molecule has 5 heteroatoms. The summed E-state index contributed by atoms with van der Waals surface area (Å²) in [7, 11) is 0. The third kappa shape index (κ3) is 2.54. The van der Waals surface area contributed by atoms with Gasteiger partial charge in [-0.15, -0.1) is 0 Å². The second-order valence-corrected chi connectivity index (χ2v) is 3.86. The Labute approximate surface area is 103 Å². The summed E-state index contributed by atoms with van der Waals surface area (Å²) in [6.07, 6.45) is 0. The lowest BCUT2D eigenvalue weighted by Crippen LogP contribution is -2.18. The molecule has 0 heterocycles. The number of Topliss-reactive ketones (excluding diaryl/α,β-unsaturated/α-hetero) is 1. The number of ketones is 1. The zero-order valence-electron chi connectivity index (χ0n) is 8.84. The van der Waals surface area contributed by atoms with Gasteiger partial charge in [0.15, 0.2) is 0 Å². The van der Waals surface area contributed by atoms with Crippen molar-refractivity contribution in [1.82, 2.24) is 0 Å². The van der Waals surface area contributed by atoms with E-state index < -0.39 is 11.8 Å². The fourth-order valence-corrected chi connectivity index (χ4v) is 1.59. The molecule has 1 rings (SSSR count). The van der Waals surface area contributed by atoms with Crippen LogP contribution in [0.4, 0.5) is 0 Å². The van der Waals surface area contributed by atoms with E-state index in [1.807, 2.05) is 0 Å². The Hall–Kier alpha value is -1.06. The number of hydrogen-bond donors (Lipinski definition) is 0. The van der Waals surface area contributed by atoms with Crippen molar-refractivity contribution in [1.29, 1.82) is 0 Å². The van der Waals surface area contributed by atoms with E-state index in [9.17, 15) is 9.59 Å². The highest BCUT2D eigenvalue weighted by molar-refractivity contribution is 6.49. The number of hydrogen-bond acceptors (Lipinski definition) is 3. The minimum Gasteiger partial charge on any atom is -0.460 e. The van der Waals surface area contributed by atoms with Gasteiger partial charge in [0.25, 0.3) is 5.78 Å². The van der Waals surface area contributed by atoms with Crippen molar-refractivity contribution in [3.63, 3.8) is 0 Å². The summed E-state index contributed by atoms with van der Waals surface area (Å²) in [5.41, 5.74) is 0.808. The first-order valence-electron chi connectivity index (χ1n) is 4.65. The van der Waals surface area contributed by atoms with Crippen molar-refractivity contribution >= 4 is 35.0 Å². The Bertz CT molecular complexity index is 441. The van der Waals surface area contributed by atoms with Crippen LogP contribution in [0.25, 0.3) is 0 Å². The minimum atomic E-state index is -0.927. The molecule has 0 saturated heterocycles. The second kappa shape index (κ2) is 5.32. The summed E-state index contributed by atoms with van der Waals surface area (Å²) in [6, 6.07) is 3.09. The van der Waals surface area contributed by atoms with E-state index in [0.29, 0.717) is 0 Å². The zero-order chi connectivity index (χ0) is 12.3. The Morgan fingerprint density at radius 1 is 1.25 bits per heavy atom. The fourth-order valence-electron chi connectivity index (χ4n) is 1.13. The fraction of sp³-hybridized carbons (Fsp3) is 0.273. The Morgan fingerprint density at radius 2 is 1.88 bits per heavy atom. The molecule has 16 heavy (non-hydrogen) atoms. The number of carbonyl (C=O) groups is 2. The highest BCUT2D eigenvalue weighted by atomic mass is 35.5. The molecule has 0 aliphatic heterocycles. The van der Waals surface area contributed by atoms with Gasteiger partial charge in [0.1, 0.15) is 0 Å². The maximum absolute atomic E-state index is 11.6. The van der Waals surface area contributed by atoms with Crippen LogP contribution in [-0.2, 0) is 9.53 Å². The number of rotatable bonds is 3. The molecule has 0 unspecified atom stereocenters. The summed E-state index contributed by atoms with van der Waals surface area (Å²) >= 11 is 11.7. The Morgan fingerprint density at radius 3 is 2.44 bits per heavy atom.